The predicted octanol–water partition coefficient (Wildman–Crippen LogP) is 4.33. The number of benzene rings is 2. The molecule has 1 N–H and O–H groups in total. The first-order valence-electron chi connectivity index (χ1n) is 7.82. The van der Waals surface area contributed by atoms with Gasteiger partial charge in [-0.05, 0) is 42.0 Å². The number of nitrogens with zero attached hydrogens (tertiary/aromatic N) is 2. The topological polar surface area (TPSA) is 75.0 Å². The number of aromatic nitrogens is 1. The van der Waals surface area contributed by atoms with Gasteiger partial charge in [0.05, 0.1) is 11.6 Å². The molecule has 3 aromatic rings. The largest absolute Gasteiger partial charge is 0.438 e. The van der Waals surface area contributed by atoms with Crippen molar-refractivity contribution in [1.82, 2.24) is 10.3 Å². The van der Waals surface area contributed by atoms with Gasteiger partial charge in [0, 0.05) is 17.8 Å². The molecule has 0 radical (unpaired) electrons. The van der Waals surface area contributed by atoms with Gasteiger partial charge in [0.15, 0.2) is 0 Å². The molecule has 2 aromatic carbocycles. The van der Waals surface area contributed by atoms with Crippen LogP contribution in [0.3, 0.4) is 0 Å². The maximum absolute atomic E-state index is 12.5. The van der Waals surface area contributed by atoms with E-state index >= 15 is 0 Å². The summed E-state index contributed by atoms with van der Waals surface area (Å²) in [4.78, 5) is 16.7. The Bertz CT molecular complexity index is 983. The monoisotopic (exact) mass is 363 g/mol. The van der Waals surface area contributed by atoms with Gasteiger partial charge in [-0.2, -0.15) is 5.26 Å². The van der Waals surface area contributed by atoms with Crippen LogP contribution in [-0.4, -0.2) is 10.9 Å². The fourth-order valence-corrected chi connectivity index (χ4v) is 2.50. The Morgan fingerprint density at radius 1 is 1.15 bits per heavy atom. The van der Waals surface area contributed by atoms with E-state index in [1.807, 2.05) is 24.3 Å². The number of halogens is 1. The number of rotatable bonds is 5. The summed E-state index contributed by atoms with van der Waals surface area (Å²) in [5.74, 6) is 0.270. The lowest BCUT2D eigenvalue weighted by Gasteiger charge is -2.11. The minimum Gasteiger partial charge on any atom is -0.438 e. The highest BCUT2D eigenvalue weighted by atomic mass is 35.5. The minimum atomic E-state index is -0.329. The van der Waals surface area contributed by atoms with Gasteiger partial charge in [0.25, 0.3) is 5.91 Å². The van der Waals surface area contributed by atoms with E-state index in [2.05, 4.69) is 10.3 Å². The molecule has 0 aliphatic rings. The summed E-state index contributed by atoms with van der Waals surface area (Å²) < 4.78 is 5.70. The molecular weight excluding hydrogens is 350 g/mol. The lowest BCUT2D eigenvalue weighted by Crippen LogP contribution is -2.23. The van der Waals surface area contributed by atoms with Crippen LogP contribution in [0.15, 0.2) is 66.9 Å². The molecule has 0 aliphatic heterocycles. The second-order valence-corrected chi connectivity index (χ2v) is 5.78. The Balaban J connectivity index is 1.77. The van der Waals surface area contributed by atoms with Gasteiger partial charge in [-0.15, -0.1) is 0 Å². The van der Waals surface area contributed by atoms with E-state index < -0.39 is 0 Å². The molecule has 5 nitrogen and oxygen atoms in total. The summed E-state index contributed by atoms with van der Waals surface area (Å²) in [6.07, 6.45) is 1.54. The summed E-state index contributed by atoms with van der Waals surface area (Å²) in [7, 11) is 0. The number of pyridine rings is 1. The van der Waals surface area contributed by atoms with Crippen molar-refractivity contribution < 1.29 is 9.53 Å². The summed E-state index contributed by atoms with van der Waals surface area (Å²) in [5, 5.41) is 12.4. The van der Waals surface area contributed by atoms with Crippen molar-refractivity contribution >= 4 is 17.5 Å². The number of carbonyl (C=O) groups is 1. The fourth-order valence-electron chi connectivity index (χ4n) is 2.30. The number of amides is 1. The molecule has 26 heavy (non-hydrogen) atoms. The summed E-state index contributed by atoms with van der Waals surface area (Å²) in [6.45, 7) is 0.288. The maximum Gasteiger partial charge on any atom is 0.257 e. The van der Waals surface area contributed by atoms with Gasteiger partial charge in [0.1, 0.15) is 11.3 Å². The molecule has 6 heteroatoms. The fraction of sp³-hybridized carbons (Fsp3) is 0.0500. The minimum absolute atomic E-state index is 0.166. The van der Waals surface area contributed by atoms with Crippen molar-refractivity contribution in [3.63, 3.8) is 0 Å². The molecule has 0 fully saturated rings. The van der Waals surface area contributed by atoms with Crippen molar-refractivity contribution in [1.29, 1.82) is 5.26 Å². The quantitative estimate of drug-likeness (QED) is 0.732. The first-order valence-corrected chi connectivity index (χ1v) is 8.20. The first-order chi connectivity index (χ1) is 12.7. The highest BCUT2D eigenvalue weighted by Crippen LogP contribution is 2.24. The van der Waals surface area contributed by atoms with Gasteiger partial charge < -0.3 is 10.1 Å². The van der Waals surface area contributed by atoms with Crippen LogP contribution < -0.4 is 10.1 Å². The Hall–Kier alpha value is -3.36. The molecule has 0 spiro atoms. The second kappa shape index (κ2) is 8.15. The number of nitriles is 1. The number of ether oxygens (including phenoxy) is 1. The molecule has 1 heterocycles. The first kappa shape index (κ1) is 17.5. The summed E-state index contributed by atoms with van der Waals surface area (Å²) in [5.41, 5.74) is 1.57. The summed E-state index contributed by atoms with van der Waals surface area (Å²) in [6, 6.07) is 19.3. The summed E-state index contributed by atoms with van der Waals surface area (Å²) >= 11 is 6.11. The molecular formula is C20H14ClN3O2. The number of hydrogen-bond donors (Lipinski definition) is 1. The molecule has 0 saturated heterocycles. The van der Waals surface area contributed by atoms with Crippen LogP contribution in [-0.2, 0) is 6.54 Å². The van der Waals surface area contributed by atoms with Crippen LogP contribution in [0.5, 0.6) is 11.6 Å². The normalized spacial score (nSPS) is 10.0. The molecule has 0 unspecified atom stereocenters. The van der Waals surface area contributed by atoms with Gasteiger partial charge in [-0.1, -0.05) is 35.9 Å². The van der Waals surface area contributed by atoms with Crippen molar-refractivity contribution in [3.05, 3.63) is 88.6 Å². The number of nitrogens with one attached hydrogen (secondary N) is 1. The molecule has 0 saturated carbocycles. The molecule has 0 aliphatic carbocycles. The van der Waals surface area contributed by atoms with E-state index in [4.69, 9.17) is 21.6 Å². The molecule has 3 rings (SSSR count). The van der Waals surface area contributed by atoms with E-state index in [0.29, 0.717) is 21.9 Å². The SMILES string of the molecule is N#Cc1cccc(Oc2ncccc2C(=O)NCc2ccccc2Cl)c1. The van der Waals surface area contributed by atoms with Crippen LogP contribution in [0.1, 0.15) is 21.5 Å². The van der Waals surface area contributed by atoms with Crippen molar-refractivity contribution in [2.24, 2.45) is 0 Å². The maximum atomic E-state index is 12.5. The van der Waals surface area contributed by atoms with E-state index in [1.54, 1.807) is 42.5 Å². The van der Waals surface area contributed by atoms with Gasteiger partial charge in [-0.3, -0.25) is 4.79 Å². The molecule has 1 amide bonds. The average molecular weight is 364 g/mol. The van der Waals surface area contributed by atoms with Gasteiger partial charge >= 0.3 is 0 Å². The van der Waals surface area contributed by atoms with Crippen LogP contribution in [0.25, 0.3) is 0 Å². The lowest BCUT2D eigenvalue weighted by molar-refractivity contribution is 0.0948. The average Bonchev–Trinajstić information content (AvgIpc) is 2.68. The standard InChI is InChI=1S/C20H14ClN3O2/c21-18-9-2-1-6-15(18)13-24-19(25)17-8-4-10-23-20(17)26-16-7-3-5-14(11-16)12-22/h1-11H,13H2,(H,24,25). The molecule has 0 bridgehead atoms. The third kappa shape index (κ3) is 4.18. The third-order valence-corrected chi connectivity index (χ3v) is 3.96. The van der Waals surface area contributed by atoms with Crippen LogP contribution in [0.4, 0.5) is 0 Å². The lowest BCUT2D eigenvalue weighted by atomic mass is 10.2. The molecule has 0 atom stereocenters. The zero-order valence-corrected chi connectivity index (χ0v) is 14.4. The van der Waals surface area contributed by atoms with Crippen molar-refractivity contribution in [3.8, 4) is 17.7 Å². The highest BCUT2D eigenvalue weighted by molar-refractivity contribution is 6.31. The predicted molar refractivity (Wildman–Crippen MR) is 98.1 cm³/mol. The van der Waals surface area contributed by atoms with Crippen molar-refractivity contribution in [2.45, 2.75) is 6.54 Å². The Kier molecular flexibility index (Phi) is 5.47. The zero-order valence-electron chi connectivity index (χ0n) is 13.6. The van der Waals surface area contributed by atoms with Crippen molar-refractivity contribution in [2.75, 3.05) is 0 Å². The zero-order chi connectivity index (χ0) is 18.4. The molecule has 1 aromatic heterocycles. The Morgan fingerprint density at radius 3 is 2.81 bits per heavy atom. The number of carbonyl (C=O) groups excluding carboxylic acids is 1. The van der Waals surface area contributed by atoms with E-state index in [9.17, 15) is 4.79 Å². The van der Waals surface area contributed by atoms with Crippen LogP contribution in [0.2, 0.25) is 5.02 Å². The third-order valence-electron chi connectivity index (χ3n) is 3.59. The second-order valence-electron chi connectivity index (χ2n) is 5.37. The Labute approximate surface area is 155 Å². The smallest absolute Gasteiger partial charge is 0.257 e. The highest BCUT2D eigenvalue weighted by Gasteiger charge is 2.14. The van der Waals surface area contributed by atoms with Crippen LogP contribution in [0, 0.1) is 11.3 Å². The van der Waals surface area contributed by atoms with E-state index in [-0.39, 0.29) is 18.3 Å². The number of hydrogen-bond acceptors (Lipinski definition) is 4. The Morgan fingerprint density at radius 2 is 2.00 bits per heavy atom. The van der Waals surface area contributed by atoms with E-state index in [0.717, 1.165) is 5.56 Å². The van der Waals surface area contributed by atoms with Gasteiger partial charge in [-0.25, -0.2) is 4.98 Å². The van der Waals surface area contributed by atoms with E-state index in [1.165, 1.54) is 6.20 Å². The molecule has 128 valence electrons. The van der Waals surface area contributed by atoms with Gasteiger partial charge in [0.2, 0.25) is 5.88 Å². The van der Waals surface area contributed by atoms with Crippen LogP contribution >= 0.6 is 11.6 Å².